The molecule has 6 rings (SSSR count). The lowest BCUT2D eigenvalue weighted by atomic mass is 9.92. The first-order chi connectivity index (χ1) is 21.9. The number of fused-ring (bicyclic) bond motifs is 2. The smallest absolute Gasteiger partial charge is 0.345 e. The summed E-state index contributed by atoms with van der Waals surface area (Å²) in [6, 6.07) is 18.3. The Kier molecular flexibility index (Phi) is 9.80. The van der Waals surface area contributed by atoms with E-state index in [0.29, 0.717) is 31.3 Å². The highest BCUT2D eigenvalue weighted by atomic mass is 79.9. The number of nitrogens with one attached hydrogen (secondary N) is 1. The van der Waals surface area contributed by atoms with E-state index in [-0.39, 0.29) is 17.9 Å². The van der Waals surface area contributed by atoms with Gasteiger partial charge in [0.05, 0.1) is 11.7 Å². The molecule has 2 aromatic carbocycles. The van der Waals surface area contributed by atoms with Crippen LogP contribution in [0.2, 0.25) is 0 Å². The standard InChI is InChI=1S/C35H41BrN6O3/c1-24-8-11-30-26(20-24)9-10-27-22-28(36)23-38-32(27)33(30)41-18-16-40(17-19-41)31(43)21-25-12-14-42(15-13-25)35(39-34(44)37-2)45-29-6-4-3-5-7-29/h3-8,11,20,22-23,25,33H,9-10,12-19,21H2,1-2H3,(H,37,44)/b39-35-. The second kappa shape index (κ2) is 14.1. The summed E-state index contributed by atoms with van der Waals surface area (Å²) in [5, 5.41) is 2.54. The van der Waals surface area contributed by atoms with E-state index in [1.807, 2.05) is 46.3 Å². The number of piperazine rings is 1. The van der Waals surface area contributed by atoms with Crippen LogP contribution in [0.5, 0.6) is 5.75 Å². The number of halogens is 1. The Hall–Kier alpha value is -3.76. The van der Waals surface area contributed by atoms with Gasteiger partial charge in [-0.1, -0.05) is 42.0 Å². The number of carbonyl (C=O) groups excluding carboxylic acids is 2. The number of ether oxygens (including phenoxy) is 1. The van der Waals surface area contributed by atoms with Crippen LogP contribution in [0, 0.1) is 12.8 Å². The normalized spacial score (nSPS) is 19.4. The van der Waals surface area contributed by atoms with Crippen molar-refractivity contribution in [2.75, 3.05) is 46.3 Å². The van der Waals surface area contributed by atoms with Crippen LogP contribution in [0.15, 0.2) is 70.3 Å². The molecule has 3 aromatic rings. The molecule has 3 heterocycles. The minimum atomic E-state index is -0.452. The van der Waals surface area contributed by atoms with E-state index in [0.717, 1.165) is 62.0 Å². The molecule has 1 atom stereocenters. The highest BCUT2D eigenvalue weighted by Crippen LogP contribution is 2.37. The molecule has 45 heavy (non-hydrogen) atoms. The average molecular weight is 674 g/mol. The van der Waals surface area contributed by atoms with E-state index in [4.69, 9.17) is 9.72 Å². The average Bonchev–Trinajstić information content (AvgIpc) is 3.21. The largest absolute Gasteiger partial charge is 0.426 e. The number of amides is 3. The van der Waals surface area contributed by atoms with Crippen molar-refractivity contribution in [2.45, 2.75) is 45.1 Å². The lowest BCUT2D eigenvalue weighted by Gasteiger charge is -2.40. The first kappa shape index (κ1) is 31.2. The predicted molar refractivity (Wildman–Crippen MR) is 178 cm³/mol. The second-order valence-electron chi connectivity index (χ2n) is 12.2. The van der Waals surface area contributed by atoms with E-state index in [2.05, 4.69) is 62.3 Å². The van der Waals surface area contributed by atoms with Crippen molar-refractivity contribution in [1.29, 1.82) is 0 Å². The minimum absolute atomic E-state index is 0.0940. The third-order valence-electron chi connectivity index (χ3n) is 9.23. The zero-order valence-electron chi connectivity index (χ0n) is 26.0. The number of aryl methyl sites for hydroxylation is 3. The first-order valence-electron chi connectivity index (χ1n) is 15.9. The van der Waals surface area contributed by atoms with Gasteiger partial charge in [0.25, 0.3) is 0 Å². The van der Waals surface area contributed by atoms with Crippen molar-refractivity contribution in [2.24, 2.45) is 10.9 Å². The topological polar surface area (TPSA) is 90.4 Å². The Morgan fingerprint density at radius 2 is 1.69 bits per heavy atom. The Labute approximate surface area is 273 Å². The van der Waals surface area contributed by atoms with E-state index >= 15 is 0 Å². The molecule has 2 aliphatic heterocycles. The number of hydrogen-bond donors (Lipinski definition) is 1. The molecule has 0 saturated carbocycles. The second-order valence-corrected chi connectivity index (χ2v) is 13.1. The summed E-state index contributed by atoms with van der Waals surface area (Å²) in [5.74, 6) is 1.15. The molecule has 1 N–H and O–H groups in total. The molecule has 10 heteroatoms. The van der Waals surface area contributed by atoms with Crippen LogP contribution in [0.4, 0.5) is 4.79 Å². The monoisotopic (exact) mass is 672 g/mol. The van der Waals surface area contributed by atoms with Crippen molar-refractivity contribution >= 4 is 33.9 Å². The van der Waals surface area contributed by atoms with Crippen molar-refractivity contribution in [3.05, 3.63) is 93.2 Å². The number of likely N-dealkylation sites (tertiary alicyclic amines) is 1. The Bertz CT molecular complexity index is 1490. The van der Waals surface area contributed by atoms with E-state index in [1.54, 1.807) is 7.05 Å². The fourth-order valence-corrected chi connectivity index (χ4v) is 7.15. The fourth-order valence-electron chi connectivity index (χ4n) is 6.77. The number of hydrogen-bond acceptors (Lipinski definition) is 5. The van der Waals surface area contributed by atoms with Gasteiger partial charge in [-0.3, -0.25) is 14.7 Å². The molecule has 1 aromatic heterocycles. The van der Waals surface area contributed by atoms with E-state index in [9.17, 15) is 9.59 Å². The third kappa shape index (κ3) is 7.39. The SMILES string of the molecule is CNC(=O)/N=C(\Oc1ccccc1)N1CCC(CC(=O)N2CCN(C3c4ccc(C)cc4CCc4cc(Br)cnc43)CC2)CC1. The summed E-state index contributed by atoms with van der Waals surface area (Å²) in [6.45, 7) is 6.58. The minimum Gasteiger partial charge on any atom is -0.426 e. The van der Waals surface area contributed by atoms with Crippen LogP contribution in [0.3, 0.4) is 0 Å². The number of carbonyl (C=O) groups is 2. The van der Waals surface area contributed by atoms with Gasteiger partial charge in [0, 0.05) is 63.4 Å². The van der Waals surface area contributed by atoms with Crippen LogP contribution in [0.25, 0.3) is 0 Å². The lowest BCUT2D eigenvalue weighted by molar-refractivity contribution is -0.134. The van der Waals surface area contributed by atoms with Crippen LogP contribution < -0.4 is 10.1 Å². The molecule has 2 saturated heterocycles. The van der Waals surface area contributed by atoms with Gasteiger partial charge in [-0.05, 0) is 89.3 Å². The molecule has 1 unspecified atom stereocenters. The van der Waals surface area contributed by atoms with Gasteiger partial charge in [0.15, 0.2) is 0 Å². The van der Waals surface area contributed by atoms with Crippen molar-refractivity contribution in [3.63, 3.8) is 0 Å². The summed E-state index contributed by atoms with van der Waals surface area (Å²) in [7, 11) is 1.55. The van der Waals surface area contributed by atoms with Crippen molar-refractivity contribution < 1.29 is 14.3 Å². The van der Waals surface area contributed by atoms with E-state index in [1.165, 1.54) is 22.3 Å². The fraction of sp³-hybridized carbons (Fsp3) is 0.429. The number of nitrogens with zero attached hydrogens (tertiary/aromatic N) is 5. The molecule has 0 radical (unpaired) electrons. The zero-order chi connectivity index (χ0) is 31.3. The molecule has 0 bridgehead atoms. The van der Waals surface area contributed by atoms with Gasteiger partial charge in [0.2, 0.25) is 5.91 Å². The van der Waals surface area contributed by atoms with Crippen molar-refractivity contribution in [1.82, 2.24) is 25.0 Å². The highest BCUT2D eigenvalue weighted by molar-refractivity contribution is 9.10. The molecular formula is C35H41BrN6O3. The summed E-state index contributed by atoms with van der Waals surface area (Å²) in [4.78, 5) is 41.2. The van der Waals surface area contributed by atoms with Gasteiger partial charge in [0.1, 0.15) is 5.75 Å². The Morgan fingerprint density at radius 3 is 2.42 bits per heavy atom. The first-order valence-corrected chi connectivity index (χ1v) is 16.7. The highest BCUT2D eigenvalue weighted by Gasteiger charge is 2.34. The number of urea groups is 1. The summed E-state index contributed by atoms with van der Waals surface area (Å²) in [5.41, 5.74) is 6.47. The number of amidine groups is 1. The number of aliphatic imine (C=N–C) groups is 1. The predicted octanol–water partition coefficient (Wildman–Crippen LogP) is 5.36. The van der Waals surface area contributed by atoms with Crippen LogP contribution in [0.1, 0.15) is 53.3 Å². The number of benzene rings is 2. The number of para-hydroxylation sites is 1. The number of aromatic nitrogens is 1. The Balaban J connectivity index is 1.06. The van der Waals surface area contributed by atoms with Gasteiger partial charge in [-0.15, -0.1) is 4.99 Å². The quantitative estimate of drug-likeness (QED) is 0.297. The van der Waals surface area contributed by atoms with Gasteiger partial charge in [-0.25, -0.2) is 4.79 Å². The van der Waals surface area contributed by atoms with Gasteiger partial charge >= 0.3 is 12.1 Å². The summed E-state index contributed by atoms with van der Waals surface area (Å²) in [6.07, 6.45) is 6.12. The molecule has 1 aliphatic carbocycles. The van der Waals surface area contributed by atoms with Crippen LogP contribution in [-0.4, -0.2) is 84.0 Å². The summed E-state index contributed by atoms with van der Waals surface area (Å²) >= 11 is 3.63. The lowest BCUT2D eigenvalue weighted by Crippen LogP contribution is -2.50. The number of piperidine rings is 1. The maximum absolute atomic E-state index is 13.5. The molecule has 3 aliphatic rings. The molecule has 9 nitrogen and oxygen atoms in total. The Morgan fingerprint density at radius 1 is 0.956 bits per heavy atom. The van der Waals surface area contributed by atoms with Gasteiger partial charge in [-0.2, -0.15) is 0 Å². The third-order valence-corrected chi connectivity index (χ3v) is 9.66. The molecule has 2 fully saturated rings. The van der Waals surface area contributed by atoms with Crippen molar-refractivity contribution in [3.8, 4) is 5.75 Å². The van der Waals surface area contributed by atoms with Crippen LogP contribution in [-0.2, 0) is 17.6 Å². The zero-order valence-corrected chi connectivity index (χ0v) is 27.6. The molecule has 0 spiro atoms. The molecule has 236 valence electrons. The van der Waals surface area contributed by atoms with Crippen LogP contribution >= 0.6 is 15.9 Å². The maximum Gasteiger partial charge on any atom is 0.345 e. The summed E-state index contributed by atoms with van der Waals surface area (Å²) < 4.78 is 7.01. The molecule has 3 amide bonds. The number of rotatable bonds is 4. The number of pyridine rings is 1. The van der Waals surface area contributed by atoms with Gasteiger partial charge < -0.3 is 19.9 Å². The van der Waals surface area contributed by atoms with E-state index < -0.39 is 6.03 Å². The molecular weight excluding hydrogens is 632 g/mol. The maximum atomic E-state index is 13.5.